The van der Waals surface area contributed by atoms with Crippen LogP contribution in [0.15, 0.2) is 79.4 Å². The van der Waals surface area contributed by atoms with Crippen molar-refractivity contribution in [3.8, 4) is 0 Å². The molecule has 2 N–H and O–H groups in total. The highest BCUT2D eigenvalue weighted by Crippen LogP contribution is 2.25. The van der Waals surface area contributed by atoms with Gasteiger partial charge in [-0.2, -0.15) is 0 Å². The zero-order chi connectivity index (χ0) is 23.2. The molecule has 1 aliphatic rings. The van der Waals surface area contributed by atoms with Crippen LogP contribution in [0.5, 0.6) is 0 Å². The largest absolute Gasteiger partial charge is 0.349 e. The molecule has 6 heteroatoms. The zero-order valence-corrected chi connectivity index (χ0v) is 18.4. The van der Waals surface area contributed by atoms with E-state index >= 15 is 0 Å². The molecule has 1 heterocycles. The van der Waals surface area contributed by atoms with Crippen LogP contribution in [0.1, 0.15) is 33.6 Å². The van der Waals surface area contributed by atoms with Crippen molar-refractivity contribution in [2.45, 2.75) is 12.8 Å². The number of para-hydroxylation sites is 1. The van der Waals surface area contributed by atoms with Gasteiger partial charge in [-0.25, -0.2) is 0 Å². The minimum atomic E-state index is -0.345. The van der Waals surface area contributed by atoms with Crippen molar-refractivity contribution in [2.24, 2.45) is 5.92 Å². The number of likely N-dealkylation sites (tertiary alicyclic amines) is 1. The molecule has 168 valence electrons. The van der Waals surface area contributed by atoms with Crippen LogP contribution in [-0.4, -0.2) is 42.3 Å². The number of carbonyl (C=O) groups excluding carboxylic acids is 3. The SMILES string of the molecule is C=CCNC(=O)c1ccccc1NC(=O)[C@@H]1CCCN(C(=O)c2cccc3ccccc23)C1. The zero-order valence-electron chi connectivity index (χ0n) is 18.4. The summed E-state index contributed by atoms with van der Waals surface area (Å²) in [4.78, 5) is 40.6. The third-order valence-electron chi connectivity index (χ3n) is 5.94. The molecule has 1 fully saturated rings. The van der Waals surface area contributed by atoms with Crippen molar-refractivity contribution in [1.82, 2.24) is 10.2 Å². The number of nitrogens with zero attached hydrogens (tertiary/aromatic N) is 1. The second-order valence-corrected chi connectivity index (χ2v) is 8.15. The third-order valence-corrected chi connectivity index (χ3v) is 5.94. The van der Waals surface area contributed by atoms with Crippen molar-refractivity contribution in [1.29, 1.82) is 0 Å². The molecule has 1 saturated heterocycles. The number of carbonyl (C=O) groups is 3. The first-order valence-electron chi connectivity index (χ1n) is 11.1. The summed E-state index contributed by atoms with van der Waals surface area (Å²) in [6.07, 6.45) is 3.04. The fourth-order valence-corrected chi connectivity index (χ4v) is 4.24. The fraction of sp³-hybridized carbons (Fsp3) is 0.222. The topological polar surface area (TPSA) is 78.5 Å². The van der Waals surface area contributed by atoms with Crippen molar-refractivity contribution in [2.75, 3.05) is 25.0 Å². The van der Waals surface area contributed by atoms with E-state index in [2.05, 4.69) is 17.2 Å². The maximum Gasteiger partial charge on any atom is 0.254 e. The number of piperidine rings is 1. The molecule has 0 aromatic heterocycles. The van der Waals surface area contributed by atoms with E-state index in [9.17, 15) is 14.4 Å². The van der Waals surface area contributed by atoms with E-state index in [1.54, 1.807) is 35.2 Å². The maximum absolute atomic E-state index is 13.3. The summed E-state index contributed by atoms with van der Waals surface area (Å²) >= 11 is 0. The molecule has 0 saturated carbocycles. The summed E-state index contributed by atoms with van der Waals surface area (Å²) in [7, 11) is 0. The van der Waals surface area contributed by atoms with Gasteiger partial charge >= 0.3 is 0 Å². The monoisotopic (exact) mass is 441 g/mol. The first kappa shape index (κ1) is 22.3. The molecule has 4 rings (SSSR count). The Bertz CT molecular complexity index is 1200. The van der Waals surface area contributed by atoms with Gasteiger partial charge in [0.25, 0.3) is 11.8 Å². The maximum atomic E-state index is 13.3. The Hall–Kier alpha value is -3.93. The van der Waals surface area contributed by atoms with E-state index in [1.807, 2.05) is 42.5 Å². The normalized spacial score (nSPS) is 15.6. The minimum Gasteiger partial charge on any atom is -0.349 e. The van der Waals surface area contributed by atoms with Crippen LogP contribution >= 0.6 is 0 Å². The Balaban J connectivity index is 1.48. The predicted molar refractivity (Wildman–Crippen MR) is 130 cm³/mol. The molecule has 6 nitrogen and oxygen atoms in total. The number of anilines is 1. The Morgan fingerprint density at radius 1 is 0.970 bits per heavy atom. The van der Waals surface area contributed by atoms with Gasteiger partial charge in [0.15, 0.2) is 0 Å². The van der Waals surface area contributed by atoms with Gasteiger partial charge in [0, 0.05) is 25.2 Å². The highest BCUT2D eigenvalue weighted by Gasteiger charge is 2.30. The number of amides is 3. The number of hydrogen-bond acceptors (Lipinski definition) is 3. The standard InChI is InChI=1S/C27H27N3O3/c1-2-16-28-26(32)23-13-5-6-15-24(23)29-25(31)20-11-8-17-30(18-20)27(33)22-14-7-10-19-9-3-4-12-21(19)22/h2-7,9-10,12-15,20H,1,8,11,16-18H2,(H,28,32)(H,29,31)/t20-/m1/s1. The molecule has 0 aliphatic carbocycles. The second-order valence-electron chi connectivity index (χ2n) is 8.15. The number of nitrogens with one attached hydrogen (secondary N) is 2. The quantitative estimate of drug-likeness (QED) is 0.562. The summed E-state index contributed by atoms with van der Waals surface area (Å²) < 4.78 is 0. The Morgan fingerprint density at radius 2 is 1.70 bits per heavy atom. The van der Waals surface area contributed by atoms with E-state index in [4.69, 9.17) is 0 Å². The van der Waals surface area contributed by atoms with Gasteiger partial charge in [-0.15, -0.1) is 6.58 Å². The van der Waals surface area contributed by atoms with Crippen molar-refractivity contribution >= 4 is 34.2 Å². The van der Waals surface area contributed by atoms with E-state index in [1.165, 1.54) is 0 Å². The van der Waals surface area contributed by atoms with Crippen molar-refractivity contribution < 1.29 is 14.4 Å². The smallest absolute Gasteiger partial charge is 0.254 e. The molecule has 3 aromatic rings. The molecule has 3 aromatic carbocycles. The third kappa shape index (κ3) is 4.95. The highest BCUT2D eigenvalue weighted by molar-refractivity contribution is 6.07. The highest BCUT2D eigenvalue weighted by atomic mass is 16.2. The van der Waals surface area contributed by atoms with E-state index in [-0.39, 0.29) is 23.6 Å². The lowest BCUT2D eigenvalue weighted by atomic mass is 9.95. The molecule has 0 bridgehead atoms. The van der Waals surface area contributed by atoms with Crippen LogP contribution in [-0.2, 0) is 4.79 Å². The Labute approximate surface area is 193 Å². The Kier molecular flexibility index (Phi) is 6.83. The number of fused-ring (bicyclic) bond motifs is 1. The number of benzene rings is 3. The van der Waals surface area contributed by atoms with Crippen LogP contribution in [0.3, 0.4) is 0 Å². The number of hydrogen-bond donors (Lipinski definition) is 2. The van der Waals surface area contributed by atoms with E-state index < -0.39 is 0 Å². The van der Waals surface area contributed by atoms with Gasteiger partial charge in [0.05, 0.1) is 17.2 Å². The molecule has 3 amide bonds. The van der Waals surface area contributed by atoms with Crippen LogP contribution in [0.4, 0.5) is 5.69 Å². The van der Waals surface area contributed by atoms with Gasteiger partial charge in [0.2, 0.25) is 5.91 Å². The van der Waals surface area contributed by atoms with Crippen molar-refractivity contribution in [3.05, 3.63) is 90.5 Å². The van der Waals surface area contributed by atoms with Gasteiger partial charge in [-0.1, -0.05) is 54.6 Å². The fourth-order valence-electron chi connectivity index (χ4n) is 4.24. The molecular weight excluding hydrogens is 414 g/mol. The first-order valence-corrected chi connectivity index (χ1v) is 11.1. The molecule has 0 radical (unpaired) electrons. The molecule has 0 spiro atoms. The first-order chi connectivity index (χ1) is 16.1. The number of rotatable bonds is 6. The molecule has 1 atom stereocenters. The summed E-state index contributed by atoms with van der Waals surface area (Å²) in [6.45, 7) is 4.91. The van der Waals surface area contributed by atoms with Gasteiger partial charge in [-0.05, 0) is 41.8 Å². The minimum absolute atomic E-state index is 0.0616. The summed E-state index contributed by atoms with van der Waals surface area (Å²) in [5, 5.41) is 7.57. The van der Waals surface area contributed by atoms with Crippen LogP contribution in [0.25, 0.3) is 10.8 Å². The lowest BCUT2D eigenvalue weighted by Crippen LogP contribution is -2.44. The van der Waals surface area contributed by atoms with Crippen LogP contribution < -0.4 is 10.6 Å². The lowest BCUT2D eigenvalue weighted by Gasteiger charge is -2.32. The van der Waals surface area contributed by atoms with Gasteiger partial charge in [0.1, 0.15) is 0 Å². The van der Waals surface area contributed by atoms with E-state index in [0.717, 1.165) is 17.2 Å². The second kappa shape index (κ2) is 10.1. The lowest BCUT2D eigenvalue weighted by molar-refractivity contribution is -0.121. The predicted octanol–water partition coefficient (Wildman–Crippen LogP) is 4.25. The summed E-state index contributed by atoms with van der Waals surface area (Å²) in [5.41, 5.74) is 1.51. The molecule has 0 unspecified atom stereocenters. The van der Waals surface area contributed by atoms with Crippen molar-refractivity contribution in [3.63, 3.8) is 0 Å². The molecular formula is C27H27N3O3. The van der Waals surface area contributed by atoms with E-state index in [0.29, 0.717) is 42.9 Å². The molecule has 33 heavy (non-hydrogen) atoms. The summed E-state index contributed by atoms with van der Waals surface area (Å²) in [6, 6.07) is 20.4. The summed E-state index contributed by atoms with van der Waals surface area (Å²) in [5.74, 6) is -0.868. The van der Waals surface area contributed by atoms with Crippen LogP contribution in [0.2, 0.25) is 0 Å². The Morgan fingerprint density at radius 3 is 2.55 bits per heavy atom. The molecule has 1 aliphatic heterocycles. The average Bonchev–Trinajstić information content (AvgIpc) is 2.87. The van der Waals surface area contributed by atoms with Crippen LogP contribution in [0, 0.1) is 5.92 Å². The van der Waals surface area contributed by atoms with Gasteiger partial charge < -0.3 is 15.5 Å². The van der Waals surface area contributed by atoms with Gasteiger partial charge in [-0.3, -0.25) is 14.4 Å². The average molecular weight is 442 g/mol.